The molecule has 4 heteroatoms. The molecule has 0 aromatic rings. The molecule has 0 aliphatic heterocycles. The molecule has 0 aromatic heterocycles. The number of hydrogen-bond acceptors (Lipinski definition) is 3. The van der Waals surface area contributed by atoms with E-state index in [0.717, 1.165) is 0 Å². The van der Waals surface area contributed by atoms with E-state index in [4.69, 9.17) is 10.00 Å². The molecule has 86 valence electrons. The third-order valence-electron chi connectivity index (χ3n) is 1.89. The molecule has 1 atom stereocenters. The van der Waals surface area contributed by atoms with Gasteiger partial charge in [-0.2, -0.15) is 5.26 Å². The maximum Gasteiger partial charge on any atom is 0.410 e. The van der Waals surface area contributed by atoms with E-state index in [1.54, 1.807) is 4.90 Å². The van der Waals surface area contributed by atoms with Gasteiger partial charge in [-0.05, 0) is 34.6 Å². The Hall–Kier alpha value is -1.24. The normalized spacial score (nSPS) is 12.8. The molecular weight excluding hydrogens is 192 g/mol. The molecule has 0 N–H and O–H groups in total. The number of carbonyl (C=O) groups excluding carboxylic acids is 1. The lowest BCUT2D eigenvalue weighted by Gasteiger charge is -2.29. The van der Waals surface area contributed by atoms with Gasteiger partial charge in [0.15, 0.2) is 0 Å². The van der Waals surface area contributed by atoms with Gasteiger partial charge in [0, 0.05) is 12.6 Å². The summed E-state index contributed by atoms with van der Waals surface area (Å²) in [6.07, 6.45) is -0.0275. The quantitative estimate of drug-likeness (QED) is 0.722. The lowest BCUT2D eigenvalue weighted by molar-refractivity contribution is 0.0192. The van der Waals surface area contributed by atoms with E-state index >= 15 is 0 Å². The maximum atomic E-state index is 11.7. The van der Waals surface area contributed by atoms with Crippen molar-refractivity contribution in [3.05, 3.63) is 0 Å². The van der Waals surface area contributed by atoms with Crippen LogP contribution in [-0.4, -0.2) is 29.2 Å². The molecule has 0 spiro atoms. The number of rotatable bonds is 3. The van der Waals surface area contributed by atoms with Gasteiger partial charge in [0.2, 0.25) is 0 Å². The SMILES string of the molecule is CCN(C(=O)OC(C)(C)C)[C@@H](C)CC#N. The molecule has 0 heterocycles. The minimum Gasteiger partial charge on any atom is -0.444 e. The highest BCUT2D eigenvalue weighted by Gasteiger charge is 2.24. The molecule has 0 unspecified atom stereocenters. The van der Waals surface area contributed by atoms with Gasteiger partial charge in [-0.15, -0.1) is 0 Å². The predicted octanol–water partition coefficient (Wildman–Crippen LogP) is 2.55. The molecule has 0 saturated carbocycles. The molecule has 0 bridgehead atoms. The zero-order chi connectivity index (χ0) is 12.1. The average Bonchev–Trinajstić information content (AvgIpc) is 2.02. The Balaban J connectivity index is 4.42. The molecule has 0 rings (SSSR count). The van der Waals surface area contributed by atoms with Crippen LogP contribution < -0.4 is 0 Å². The molecule has 0 saturated heterocycles. The highest BCUT2D eigenvalue weighted by atomic mass is 16.6. The van der Waals surface area contributed by atoms with Crippen molar-refractivity contribution in [2.24, 2.45) is 0 Å². The highest BCUT2D eigenvalue weighted by Crippen LogP contribution is 2.12. The van der Waals surface area contributed by atoms with Crippen molar-refractivity contribution in [1.29, 1.82) is 5.26 Å². The van der Waals surface area contributed by atoms with Gasteiger partial charge >= 0.3 is 6.09 Å². The topological polar surface area (TPSA) is 53.3 Å². The van der Waals surface area contributed by atoms with Crippen LogP contribution in [0.2, 0.25) is 0 Å². The van der Waals surface area contributed by atoms with Crippen molar-refractivity contribution >= 4 is 6.09 Å². The summed E-state index contributed by atoms with van der Waals surface area (Å²) >= 11 is 0. The minimum atomic E-state index is -0.489. The Bertz CT molecular complexity index is 250. The third kappa shape index (κ3) is 5.26. The first-order valence-corrected chi connectivity index (χ1v) is 5.18. The van der Waals surface area contributed by atoms with Crippen LogP contribution in [0.15, 0.2) is 0 Å². The average molecular weight is 212 g/mol. The zero-order valence-corrected chi connectivity index (χ0v) is 10.2. The number of carbonyl (C=O) groups is 1. The summed E-state index contributed by atoms with van der Waals surface area (Å²) in [5.41, 5.74) is -0.489. The maximum absolute atomic E-state index is 11.7. The first-order chi connectivity index (χ1) is 6.81. The summed E-state index contributed by atoms with van der Waals surface area (Å²) in [5, 5.41) is 8.57. The lowest BCUT2D eigenvalue weighted by Crippen LogP contribution is -2.41. The van der Waals surface area contributed by atoms with Gasteiger partial charge in [0.05, 0.1) is 12.5 Å². The smallest absolute Gasteiger partial charge is 0.410 e. The second-order valence-electron chi connectivity index (χ2n) is 4.48. The Morgan fingerprint density at radius 1 is 1.53 bits per heavy atom. The van der Waals surface area contributed by atoms with E-state index in [2.05, 4.69) is 6.07 Å². The number of amides is 1. The molecular formula is C11H20N2O2. The first kappa shape index (κ1) is 13.8. The Morgan fingerprint density at radius 2 is 2.07 bits per heavy atom. The van der Waals surface area contributed by atoms with Gasteiger partial charge in [0.25, 0.3) is 0 Å². The van der Waals surface area contributed by atoms with Crippen LogP contribution in [0.25, 0.3) is 0 Å². The van der Waals surface area contributed by atoms with Gasteiger partial charge in [0.1, 0.15) is 5.60 Å². The van der Waals surface area contributed by atoms with Crippen LogP contribution in [0, 0.1) is 11.3 Å². The van der Waals surface area contributed by atoms with Crippen LogP contribution in [0.5, 0.6) is 0 Å². The fourth-order valence-corrected chi connectivity index (χ4v) is 1.18. The van der Waals surface area contributed by atoms with Gasteiger partial charge in [-0.25, -0.2) is 4.79 Å². The summed E-state index contributed by atoms with van der Waals surface area (Å²) in [4.78, 5) is 13.3. The zero-order valence-electron chi connectivity index (χ0n) is 10.2. The van der Waals surface area contributed by atoms with E-state index < -0.39 is 5.60 Å². The number of hydrogen-bond donors (Lipinski definition) is 0. The van der Waals surface area contributed by atoms with Crippen molar-refractivity contribution in [3.8, 4) is 6.07 Å². The molecule has 0 aliphatic carbocycles. The Labute approximate surface area is 91.8 Å². The van der Waals surface area contributed by atoms with Crippen LogP contribution in [-0.2, 0) is 4.74 Å². The van der Waals surface area contributed by atoms with Gasteiger partial charge in [-0.3, -0.25) is 0 Å². The van der Waals surface area contributed by atoms with E-state index in [1.807, 2.05) is 34.6 Å². The van der Waals surface area contributed by atoms with Crippen molar-refractivity contribution in [3.63, 3.8) is 0 Å². The summed E-state index contributed by atoms with van der Waals surface area (Å²) in [6.45, 7) is 9.75. The Morgan fingerprint density at radius 3 is 2.40 bits per heavy atom. The fraction of sp³-hybridized carbons (Fsp3) is 0.818. The molecule has 0 fully saturated rings. The second-order valence-corrected chi connectivity index (χ2v) is 4.48. The summed E-state index contributed by atoms with van der Waals surface area (Å²) in [7, 11) is 0. The number of ether oxygens (including phenoxy) is 1. The van der Waals surface area contributed by atoms with Crippen LogP contribution in [0.1, 0.15) is 41.0 Å². The first-order valence-electron chi connectivity index (χ1n) is 5.18. The molecule has 0 aliphatic rings. The fourth-order valence-electron chi connectivity index (χ4n) is 1.18. The van der Waals surface area contributed by atoms with Crippen molar-refractivity contribution < 1.29 is 9.53 Å². The van der Waals surface area contributed by atoms with Crippen LogP contribution in [0.3, 0.4) is 0 Å². The largest absolute Gasteiger partial charge is 0.444 e. The van der Waals surface area contributed by atoms with E-state index in [-0.39, 0.29) is 12.1 Å². The third-order valence-corrected chi connectivity index (χ3v) is 1.89. The molecule has 0 radical (unpaired) electrons. The van der Waals surface area contributed by atoms with E-state index in [0.29, 0.717) is 13.0 Å². The van der Waals surface area contributed by atoms with Crippen LogP contribution in [0.4, 0.5) is 4.79 Å². The molecule has 1 amide bonds. The van der Waals surface area contributed by atoms with E-state index in [1.165, 1.54) is 0 Å². The molecule has 0 aromatic carbocycles. The van der Waals surface area contributed by atoms with Crippen molar-refractivity contribution in [1.82, 2.24) is 4.90 Å². The lowest BCUT2D eigenvalue weighted by atomic mass is 10.2. The van der Waals surface area contributed by atoms with Crippen LogP contribution >= 0.6 is 0 Å². The summed E-state index contributed by atoms with van der Waals surface area (Å²) < 4.78 is 5.24. The Kier molecular flexibility index (Phi) is 5.13. The van der Waals surface area contributed by atoms with Gasteiger partial charge in [-0.1, -0.05) is 0 Å². The summed E-state index contributed by atoms with van der Waals surface area (Å²) in [5.74, 6) is 0. The van der Waals surface area contributed by atoms with Crippen molar-refractivity contribution in [2.45, 2.75) is 52.7 Å². The number of nitrogens with zero attached hydrogens (tertiary/aromatic N) is 2. The predicted molar refractivity (Wildman–Crippen MR) is 58.3 cm³/mol. The molecule has 4 nitrogen and oxygen atoms in total. The van der Waals surface area contributed by atoms with E-state index in [9.17, 15) is 4.79 Å². The minimum absolute atomic E-state index is 0.102. The van der Waals surface area contributed by atoms with Gasteiger partial charge < -0.3 is 9.64 Å². The summed E-state index contributed by atoms with van der Waals surface area (Å²) in [6, 6.07) is 1.95. The highest BCUT2D eigenvalue weighted by molar-refractivity contribution is 5.68. The number of nitriles is 1. The second kappa shape index (κ2) is 5.59. The standard InChI is InChI=1S/C11H20N2O2/c1-6-13(9(2)7-8-12)10(14)15-11(3,4)5/h9H,6-7H2,1-5H3/t9-/m0/s1. The molecule has 15 heavy (non-hydrogen) atoms. The van der Waals surface area contributed by atoms with Crippen molar-refractivity contribution in [2.75, 3.05) is 6.54 Å². The monoisotopic (exact) mass is 212 g/mol.